The van der Waals surface area contributed by atoms with E-state index in [0.29, 0.717) is 19.1 Å². The van der Waals surface area contributed by atoms with Crippen molar-refractivity contribution in [1.29, 1.82) is 0 Å². The topological polar surface area (TPSA) is 15.3 Å². The molecule has 0 radical (unpaired) electrons. The molecule has 2 nitrogen and oxygen atoms in total. The van der Waals surface area contributed by atoms with Gasteiger partial charge in [-0.2, -0.15) is 13.2 Å². The van der Waals surface area contributed by atoms with Gasteiger partial charge < -0.3 is 10.2 Å². The second kappa shape index (κ2) is 7.12. The molecule has 2 fully saturated rings. The average Bonchev–Trinajstić information content (AvgIpc) is 2.40. The van der Waals surface area contributed by atoms with Gasteiger partial charge in [0.05, 0.1) is 5.92 Å². The maximum absolute atomic E-state index is 12.6. The molecule has 2 aliphatic rings. The summed E-state index contributed by atoms with van der Waals surface area (Å²) in [6.07, 6.45) is 1.73. The first-order valence-electron chi connectivity index (χ1n) is 7.99. The number of likely N-dealkylation sites (tertiary alicyclic amines) is 1. The minimum atomic E-state index is -4.00. The Morgan fingerprint density at radius 2 is 1.70 bits per heavy atom. The average molecular weight is 292 g/mol. The minimum absolute atomic E-state index is 0.267. The molecule has 0 aromatic heterocycles. The summed E-state index contributed by atoms with van der Waals surface area (Å²) in [5.74, 6) is -0.343. The number of piperidine rings is 1. The van der Waals surface area contributed by atoms with Crippen molar-refractivity contribution in [1.82, 2.24) is 10.2 Å². The van der Waals surface area contributed by atoms with Crippen LogP contribution < -0.4 is 5.32 Å². The van der Waals surface area contributed by atoms with Crippen molar-refractivity contribution in [3.63, 3.8) is 0 Å². The predicted octanol–water partition coefficient (Wildman–Crippen LogP) is 3.43. The molecule has 0 bridgehead atoms. The Kier molecular flexibility index (Phi) is 5.73. The van der Waals surface area contributed by atoms with E-state index in [1.165, 1.54) is 25.7 Å². The second-order valence-electron chi connectivity index (χ2n) is 6.48. The lowest BCUT2D eigenvalue weighted by atomic mass is 9.86. The van der Waals surface area contributed by atoms with Gasteiger partial charge in [0.25, 0.3) is 0 Å². The third kappa shape index (κ3) is 4.62. The Morgan fingerprint density at radius 3 is 2.30 bits per heavy atom. The zero-order valence-electron chi connectivity index (χ0n) is 12.4. The van der Waals surface area contributed by atoms with Crippen LogP contribution in [0.2, 0.25) is 0 Å². The molecule has 5 heteroatoms. The zero-order valence-corrected chi connectivity index (χ0v) is 12.4. The molecular formula is C15H27F3N2. The molecule has 0 aromatic rings. The molecular weight excluding hydrogens is 265 g/mol. The first-order valence-corrected chi connectivity index (χ1v) is 7.99. The highest BCUT2D eigenvalue weighted by Gasteiger charge is 2.40. The van der Waals surface area contributed by atoms with Gasteiger partial charge in [0.15, 0.2) is 0 Å². The molecule has 2 atom stereocenters. The van der Waals surface area contributed by atoms with Crippen LogP contribution >= 0.6 is 0 Å². The van der Waals surface area contributed by atoms with Crippen LogP contribution in [0, 0.1) is 11.8 Å². The van der Waals surface area contributed by atoms with E-state index in [1.54, 1.807) is 0 Å². The van der Waals surface area contributed by atoms with Gasteiger partial charge in [0.1, 0.15) is 0 Å². The van der Waals surface area contributed by atoms with Crippen molar-refractivity contribution >= 4 is 0 Å². The van der Waals surface area contributed by atoms with Crippen LogP contribution in [0.25, 0.3) is 0 Å². The Labute approximate surface area is 120 Å². The predicted molar refractivity (Wildman–Crippen MR) is 74.6 cm³/mol. The minimum Gasteiger partial charge on any atom is -0.312 e. The summed E-state index contributed by atoms with van der Waals surface area (Å²) < 4.78 is 37.7. The number of nitrogens with zero attached hydrogens (tertiary/aromatic N) is 1. The molecule has 0 amide bonds. The van der Waals surface area contributed by atoms with Crippen molar-refractivity contribution in [2.75, 3.05) is 26.2 Å². The van der Waals surface area contributed by atoms with Crippen LogP contribution in [-0.2, 0) is 0 Å². The summed E-state index contributed by atoms with van der Waals surface area (Å²) in [5, 5.41) is 3.60. The zero-order chi connectivity index (χ0) is 14.6. The summed E-state index contributed by atoms with van der Waals surface area (Å²) in [6, 6.07) is 0.608. The van der Waals surface area contributed by atoms with Gasteiger partial charge in [-0.1, -0.05) is 19.8 Å². The lowest BCUT2D eigenvalue weighted by Gasteiger charge is -2.34. The number of alkyl halides is 3. The van der Waals surface area contributed by atoms with E-state index < -0.39 is 12.1 Å². The van der Waals surface area contributed by atoms with E-state index >= 15 is 0 Å². The van der Waals surface area contributed by atoms with Gasteiger partial charge in [-0.3, -0.25) is 0 Å². The number of hydrogen-bond acceptors (Lipinski definition) is 2. The fourth-order valence-electron chi connectivity index (χ4n) is 3.51. The SMILES string of the molecule is CC1CCCCC1NCCN1CCC(C(F)(F)F)CC1. The molecule has 1 N–H and O–H groups in total. The Hall–Kier alpha value is -0.290. The highest BCUT2D eigenvalue weighted by atomic mass is 19.4. The Morgan fingerprint density at radius 1 is 1.05 bits per heavy atom. The van der Waals surface area contributed by atoms with Crippen molar-refractivity contribution in [3.05, 3.63) is 0 Å². The molecule has 0 aromatic carbocycles. The van der Waals surface area contributed by atoms with Gasteiger partial charge in [0.2, 0.25) is 0 Å². The van der Waals surface area contributed by atoms with Gasteiger partial charge in [-0.25, -0.2) is 0 Å². The first kappa shape index (κ1) is 16.1. The van der Waals surface area contributed by atoms with Crippen LogP contribution in [0.5, 0.6) is 0 Å². The van der Waals surface area contributed by atoms with E-state index in [4.69, 9.17) is 0 Å². The summed E-state index contributed by atoms with van der Waals surface area (Å²) in [6.45, 7) is 5.27. The lowest BCUT2D eigenvalue weighted by Crippen LogP contribution is -2.44. The summed E-state index contributed by atoms with van der Waals surface area (Å²) in [5.41, 5.74) is 0. The maximum Gasteiger partial charge on any atom is 0.391 e. The maximum atomic E-state index is 12.6. The van der Waals surface area contributed by atoms with Crippen LogP contribution in [0.3, 0.4) is 0 Å². The molecule has 1 saturated carbocycles. The van der Waals surface area contributed by atoms with E-state index in [-0.39, 0.29) is 12.8 Å². The lowest BCUT2D eigenvalue weighted by molar-refractivity contribution is -0.184. The smallest absolute Gasteiger partial charge is 0.312 e. The number of hydrogen-bond donors (Lipinski definition) is 1. The summed E-state index contributed by atoms with van der Waals surface area (Å²) in [4.78, 5) is 2.17. The molecule has 1 aliphatic carbocycles. The molecule has 2 unspecified atom stereocenters. The monoisotopic (exact) mass is 292 g/mol. The van der Waals surface area contributed by atoms with Crippen molar-refractivity contribution in [3.8, 4) is 0 Å². The second-order valence-corrected chi connectivity index (χ2v) is 6.48. The van der Waals surface area contributed by atoms with Crippen molar-refractivity contribution in [2.45, 2.75) is 57.7 Å². The number of halogens is 3. The van der Waals surface area contributed by atoms with Crippen LogP contribution in [0.4, 0.5) is 13.2 Å². The fraction of sp³-hybridized carbons (Fsp3) is 1.00. The van der Waals surface area contributed by atoms with Crippen LogP contribution in [0.1, 0.15) is 45.4 Å². The largest absolute Gasteiger partial charge is 0.391 e. The van der Waals surface area contributed by atoms with Crippen LogP contribution in [-0.4, -0.2) is 43.3 Å². The van der Waals surface area contributed by atoms with Gasteiger partial charge in [0, 0.05) is 19.1 Å². The van der Waals surface area contributed by atoms with E-state index in [9.17, 15) is 13.2 Å². The van der Waals surface area contributed by atoms with Crippen LogP contribution in [0.15, 0.2) is 0 Å². The molecule has 0 spiro atoms. The first-order chi connectivity index (χ1) is 9.47. The third-order valence-electron chi connectivity index (χ3n) is 5.00. The van der Waals surface area contributed by atoms with E-state index in [2.05, 4.69) is 17.1 Å². The van der Waals surface area contributed by atoms with Crippen molar-refractivity contribution < 1.29 is 13.2 Å². The highest BCUT2D eigenvalue weighted by Crippen LogP contribution is 2.33. The molecule has 2 rings (SSSR count). The summed E-state index contributed by atoms with van der Waals surface area (Å²) in [7, 11) is 0. The standard InChI is InChI=1S/C15H27F3N2/c1-12-4-2-3-5-14(12)19-8-11-20-9-6-13(7-10-20)15(16,17)18/h12-14,19H,2-11H2,1H3. The Bertz CT molecular complexity index is 285. The van der Waals surface area contributed by atoms with Gasteiger partial charge in [-0.05, 0) is 44.7 Å². The normalized spacial score (nSPS) is 30.6. The summed E-state index contributed by atoms with van der Waals surface area (Å²) >= 11 is 0. The molecule has 1 saturated heterocycles. The highest BCUT2D eigenvalue weighted by molar-refractivity contribution is 4.80. The number of nitrogens with one attached hydrogen (secondary N) is 1. The molecule has 118 valence electrons. The van der Waals surface area contributed by atoms with E-state index in [1.807, 2.05) is 0 Å². The number of rotatable bonds is 4. The Balaban J connectivity index is 1.61. The fourth-order valence-corrected chi connectivity index (χ4v) is 3.51. The van der Waals surface area contributed by atoms with Crippen molar-refractivity contribution in [2.24, 2.45) is 11.8 Å². The van der Waals surface area contributed by atoms with Gasteiger partial charge >= 0.3 is 6.18 Å². The van der Waals surface area contributed by atoms with Gasteiger partial charge in [-0.15, -0.1) is 0 Å². The third-order valence-corrected chi connectivity index (χ3v) is 5.00. The van der Waals surface area contributed by atoms with E-state index in [0.717, 1.165) is 19.0 Å². The molecule has 20 heavy (non-hydrogen) atoms. The molecule has 1 heterocycles. The molecule has 1 aliphatic heterocycles. The quantitative estimate of drug-likeness (QED) is 0.854.